The zero-order valence-electron chi connectivity index (χ0n) is 16.2. The molecule has 0 fully saturated rings. The van der Waals surface area contributed by atoms with Gasteiger partial charge in [0.2, 0.25) is 10.0 Å². The summed E-state index contributed by atoms with van der Waals surface area (Å²) in [5.74, 6) is -0.182. The predicted molar refractivity (Wildman–Crippen MR) is 108 cm³/mol. The molecule has 0 aliphatic carbocycles. The summed E-state index contributed by atoms with van der Waals surface area (Å²) in [7, 11) is -0.305. The Balaban J connectivity index is 2.21. The molecule has 0 aliphatic heterocycles. The van der Waals surface area contributed by atoms with Crippen LogP contribution in [0.3, 0.4) is 0 Å². The molecule has 0 aromatic heterocycles. The number of hydrogen-bond acceptors (Lipinski definition) is 3. The van der Waals surface area contributed by atoms with E-state index >= 15 is 0 Å². The lowest BCUT2D eigenvalue weighted by atomic mass is 10.1. The maximum Gasteiger partial charge on any atom is 0.254 e. The van der Waals surface area contributed by atoms with E-state index in [-0.39, 0.29) is 22.9 Å². The van der Waals surface area contributed by atoms with Gasteiger partial charge in [0.25, 0.3) is 5.91 Å². The van der Waals surface area contributed by atoms with E-state index in [9.17, 15) is 13.2 Å². The van der Waals surface area contributed by atoms with Crippen molar-refractivity contribution in [1.29, 1.82) is 0 Å². The fraction of sp³-hybridized carbons (Fsp3) is 0.350. The van der Waals surface area contributed by atoms with Crippen LogP contribution in [-0.2, 0) is 10.0 Å². The molecular weight excluding hydrogens is 384 g/mol. The normalized spacial score (nSPS) is 13.0. The van der Waals surface area contributed by atoms with Crippen LogP contribution < -0.4 is 0 Å². The van der Waals surface area contributed by atoms with Crippen LogP contribution >= 0.6 is 11.6 Å². The molecule has 2 aromatic carbocycles. The van der Waals surface area contributed by atoms with E-state index in [1.807, 2.05) is 32.9 Å². The van der Waals surface area contributed by atoms with E-state index in [1.165, 1.54) is 16.4 Å². The summed E-state index contributed by atoms with van der Waals surface area (Å²) in [4.78, 5) is 14.6. The first-order chi connectivity index (χ1) is 12.6. The first-order valence-electron chi connectivity index (χ1n) is 8.66. The molecular formula is C20H25ClN2O3S. The zero-order chi connectivity index (χ0) is 20.4. The van der Waals surface area contributed by atoms with Gasteiger partial charge in [-0.3, -0.25) is 4.79 Å². The molecule has 1 unspecified atom stereocenters. The van der Waals surface area contributed by atoms with Crippen LogP contribution in [-0.4, -0.2) is 43.7 Å². The summed E-state index contributed by atoms with van der Waals surface area (Å²) < 4.78 is 26.4. The molecule has 27 heavy (non-hydrogen) atoms. The van der Waals surface area contributed by atoms with Gasteiger partial charge in [-0.2, -0.15) is 4.31 Å². The number of halogens is 1. The van der Waals surface area contributed by atoms with Crippen molar-refractivity contribution in [3.05, 3.63) is 64.7 Å². The van der Waals surface area contributed by atoms with Crippen molar-refractivity contribution in [2.45, 2.75) is 37.8 Å². The average molecular weight is 409 g/mol. The van der Waals surface area contributed by atoms with Crippen molar-refractivity contribution in [1.82, 2.24) is 9.21 Å². The number of sulfonamides is 1. The van der Waals surface area contributed by atoms with Crippen LogP contribution in [0.2, 0.25) is 5.02 Å². The summed E-state index contributed by atoms with van der Waals surface area (Å²) in [5, 5.41) is 0.642. The lowest BCUT2D eigenvalue weighted by Crippen LogP contribution is -2.33. The molecule has 7 heteroatoms. The standard InChI is InChI=1S/C20H25ClN2O3S/c1-14(2)23(5)27(25,26)19-12-8-17(9-13-19)20(24)22(4)15(3)16-6-10-18(21)11-7-16/h6-15H,1-5H3. The molecule has 0 saturated heterocycles. The van der Waals surface area contributed by atoms with E-state index in [0.717, 1.165) is 5.56 Å². The van der Waals surface area contributed by atoms with Crippen molar-refractivity contribution in [2.24, 2.45) is 0 Å². The van der Waals surface area contributed by atoms with E-state index in [2.05, 4.69) is 0 Å². The van der Waals surface area contributed by atoms with Gasteiger partial charge >= 0.3 is 0 Å². The Hall–Kier alpha value is -1.89. The Morgan fingerprint density at radius 3 is 1.93 bits per heavy atom. The summed E-state index contributed by atoms with van der Waals surface area (Å²) >= 11 is 5.91. The molecule has 146 valence electrons. The van der Waals surface area contributed by atoms with Gasteiger partial charge in [0.05, 0.1) is 10.9 Å². The summed E-state index contributed by atoms with van der Waals surface area (Å²) in [6, 6.07) is 13.1. The second-order valence-corrected chi connectivity index (χ2v) is 9.22. The SMILES string of the molecule is CC(c1ccc(Cl)cc1)N(C)C(=O)c1ccc(S(=O)(=O)N(C)C(C)C)cc1. The Morgan fingerprint density at radius 1 is 0.926 bits per heavy atom. The minimum Gasteiger partial charge on any atom is -0.335 e. The van der Waals surface area contributed by atoms with Crippen molar-refractivity contribution in [3.63, 3.8) is 0 Å². The highest BCUT2D eigenvalue weighted by Gasteiger charge is 2.24. The van der Waals surface area contributed by atoms with Crippen LogP contribution in [0.4, 0.5) is 0 Å². The number of nitrogens with zero attached hydrogens (tertiary/aromatic N) is 2. The third-order valence-corrected chi connectivity index (χ3v) is 7.06. The Labute approximate surface area is 166 Å². The quantitative estimate of drug-likeness (QED) is 0.719. The summed E-state index contributed by atoms with van der Waals surface area (Å²) in [6.07, 6.45) is 0. The largest absolute Gasteiger partial charge is 0.335 e. The molecule has 0 heterocycles. The summed E-state index contributed by atoms with van der Waals surface area (Å²) in [5.41, 5.74) is 1.40. The zero-order valence-corrected chi connectivity index (χ0v) is 17.8. The highest BCUT2D eigenvalue weighted by atomic mass is 35.5. The third-order valence-electron chi connectivity index (χ3n) is 4.76. The Kier molecular flexibility index (Phi) is 6.68. The molecule has 1 atom stereocenters. The highest BCUT2D eigenvalue weighted by molar-refractivity contribution is 7.89. The molecule has 0 aliphatic rings. The molecule has 0 radical (unpaired) electrons. The second-order valence-electron chi connectivity index (χ2n) is 6.78. The molecule has 5 nitrogen and oxygen atoms in total. The molecule has 0 bridgehead atoms. The second kappa shape index (κ2) is 8.42. The predicted octanol–water partition coefficient (Wildman–Crippen LogP) is 4.20. The lowest BCUT2D eigenvalue weighted by Gasteiger charge is -2.26. The highest BCUT2D eigenvalue weighted by Crippen LogP contribution is 2.23. The van der Waals surface area contributed by atoms with Crippen LogP contribution in [0.5, 0.6) is 0 Å². The molecule has 0 spiro atoms. The number of benzene rings is 2. The molecule has 2 aromatic rings. The minimum absolute atomic E-state index is 0.148. The van der Waals surface area contributed by atoms with E-state index in [1.54, 1.807) is 43.3 Å². The van der Waals surface area contributed by atoms with Gasteiger partial charge in [-0.25, -0.2) is 8.42 Å². The lowest BCUT2D eigenvalue weighted by molar-refractivity contribution is 0.0742. The van der Waals surface area contributed by atoms with Crippen molar-refractivity contribution < 1.29 is 13.2 Å². The van der Waals surface area contributed by atoms with E-state index in [4.69, 9.17) is 11.6 Å². The van der Waals surface area contributed by atoms with Gasteiger partial charge in [-0.1, -0.05) is 23.7 Å². The monoisotopic (exact) mass is 408 g/mol. The maximum atomic E-state index is 12.8. The number of rotatable bonds is 6. The smallest absolute Gasteiger partial charge is 0.254 e. The van der Waals surface area contributed by atoms with Gasteiger partial charge < -0.3 is 4.90 Å². The van der Waals surface area contributed by atoms with Gasteiger partial charge in [0, 0.05) is 30.7 Å². The first kappa shape index (κ1) is 21.4. The van der Waals surface area contributed by atoms with Crippen molar-refractivity contribution >= 4 is 27.5 Å². The first-order valence-corrected chi connectivity index (χ1v) is 10.5. The van der Waals surface area contributed by atoms with Gasteiger partial charge in [0.15, 0.2) is 0 Å². The average Bonchev–Trinajstić information content (AvgIpc) is 2.66. The van der Waals surface area contributed by atoms with E-state index in [0.29, 0.717) is 10.6 Å². The molecule has 2 rings (SSSR count). The molecule has 0 saturated carbocycles. The fourth-order valence-electron chi connectivity index (χ4n) is 2.56. The summed E-state index contributed by atoms with van der Waals surface area (Å²) in [6.45, 7) is 5.54. The van der Waals surface area contributed by atoms with Crippen LogP contribution in [0.25, 0.3) is 0 Å². The Morgan fingerprint density at radius 2 is 1.44 bits per heavy atom. The fourth-order valence-corrected chi connectivity index (χ4v) is 4.05. The Bertz CT molecular complexity index is 894. The minimum atomic E-state index is -3.57. The molecule has 0 N–H and O–H groups in total. The van der Waals surface area contributed by atoms with Crippen LogP contribution in [0, 0.1) is 0 Å². The topological polar surface area (TPSA) is 57.7 Å². The molecule has 1 amide bonds. The van der Waals surface area contributed by atoms with Gasteiger partial charge in [-0.05, 0) is 62.7 Å². The van der Waals surface area contributed by atoms with Crippen molar-refractivity contribution in [2.75, 3.05) is 14.1 Å². The van der Waals surface area contributed by atoms with Crippen LogP contribution in [0.15, 0.2) is 53.4 Å². The van der Waals surface area contributed by atoms with Gasteiger partial charge in [-0.15, -0.1) is 0 Å². The number of hydrogen-bond donors (Lipinski definition) is 0. The van der Waals surface area contributed by atoms with Gasteiger partial charge in [0.1, 0.15) is 0 Å². The van der Waals surface area contributed by atoms with E-state index < -0.39 is 10.0 Å². The van der Waals surface area contributed by atoms with Crippen molar-refractivity contribution in [3.8, 4) is 0 Å². The third kappa shape index (κ3) is 4.69. The number of amides is 1. The number of carbonyl (C=O) groups is 1. The van der Waals surface area contributed by atoms with Crippen LogP contribution in [0.1, 0.15) is 42.7 Å². The number of carbonyl (C=O) groups excluding carboxylic acids is 1. The maximum absolute atomic E-state index is 12.8.